The summed E-state index contributed by atoms with van der Waals surface area (Å²) in [6, 6.07) is 1.40. The quantitative estimate of drug-likeness (QED) is 0.0557. The first-order valence-corrected chi connectivity index (χ1v) is 29.5. The molecular weight excluding hydrogens is 1390 g/mol. The summed E-state index contributed by atoms with van der Waals surface area (Å²) in [6.07, 6.45) is -16.8. The van der Waals surface area contributed by atoms with Gasteiger partial charge in [-0.1, -0.05) is 12.2 Å². The van der Waals surface area contributed by atoms with E-state index in [0.29, 0.717) is 5.52 Å². The molecular formula is C54H53Cl4F5N18O14S. The van der Waals surface area contributed by atoms with Gasteiger partial charge in [0, 0.05) is 33.9 Å². The van der Waals surface area contributed by atoms with Crippen LogP contribution in [-0.2, 0) is 18.9 Å². The van der Waals surface area contributed by atoms with Crippen LogP contribution < -0.4 is 34.1 Å². The number of hydrogen-bond donors (Lipinski definition) is 15. The van der Waals surface area contributed by atoms with Crippen LogP contribution >= 0.6 is 58.6 Å². The lowest BCUT2D eigenvalue weighted by molar-refractivity contribution is -0.0776. The van der Waals surface area contributed by atoms with Gasteiger partial charge in [-0.25, -0.2) is 41.9 Å². The highest BCUT2D eigenvalue weighted by Crippen LogP contribution is 2.48. The van der Waals surface area contributed by atoms with Crippen LogP contribution in [-0.4, -0.2) is 205 Å². The van der Waals surface area contributed by atoms with E-state index in [2.05, 4.69) is 67.6 Å². The Labute approximate surface area is 559 Å². The third-order valence-corrected chi connectivity index (χ3v) is 16.1. The van der Waals surface area contributed by atoms with Gasteiger partial charge in [0.1, 0.15) is 70.9 Å². The van der Waals surface area contributed by atoms with Gasteiger partial charge in [-0.15, -0.1) is 0 Å². The molecule has 512 valence electrons. The molecule has 4 aliphatic rings. The molecule has 4 fully saturated rings. The van der Waals surface area contributed by atoms with Crippen molar-refractivity contribution in [3.05, 3.63) is 68.5 Å². The number of nitrogens with one attached hydrogen (secondary N) is 3. The van der Waals surface area contributed by atoms with Crippen LogP contribution in [0.3, 0.4) is 0 Å². The van der Waals surface area contributed by atoms with Crippen LogP contribution in [0.1, 0.15) is 52.6 Å². The van der Waals surface area contributed by atoms with Crippen molar-refractivity contribution in [3.63, 3.8) is 0 Å². The summed E-state index contributed by atoms with van der Waals surface area (Å²) in [4.78, 5) is 58.5. The lowest BCUT2D eigenvalue weighted by Crippen LogP contribution is -2.44. The number of ether oxygens (including phenoxy) is 4. The number of aromatic nitrogens is 14. The van der Waals surface area contributed by atoms with Gasteiger partial charge in [-0.05, 0) is 104 Å². The zero-order chi connectivity index (χ0) is 70.6. The number of hydrogen-bond acceptors (Lipinski definition) is 26. The molecule has 19 N–H and O–H groups in total. The molecule has 12 rings (SSSR count). The number of anilines is 4. The van der Waals surface area contributed by atoms with E-state index < -0.39 is 143 Å². The first-order chi connectivity index (χ1) is 45.2. The fourth-order valence-corrected chi connectivity index (χ4v) is 11.8. The first-order valence-electron chi connectivity index (χ1n) is 27.6. The number of aliphatic hydroxyl groups is 8. The molecule has 0 radical (unpaired) electrons. The first kappa shape index (κ1) is 72.2. The predicted molar refractivity (Wildman–Crippen MR) is 333 cm³/mol. The molecule has 32 nitrogen and oxygen atoms in total. The molecule has 42 heteroatoms. The Balaban J connectivity index is 0.000000150. The largest absolute Gasteiger partial charge is 0.391 e. The molecule has 0 spiro atoms. The Morgan fingerprint density at radius 2 is 0.969 bits per heavy atom. The van der Waals surface area contributed by atoms with Crippen molar-refractivity contribution >= 4 is 127 Å². The van der Waals surface area contributed by atoms with Crippen molar-refractivity contribution in [3.8, 4) is 45.2 Å². The van der Waals surface area contributed by atoms with Gasteiger partial charge in [-0.3, -0.25) is 33.3 Å². The Kier molecular flexibility index (Phi) is 20.9. The Morgan fingerprint density at radius 1 is 0.562 bits per heavy atom. The van der Waals surface area contributed by atoms with Gasteiger partial charge in [0.05, 0.1) is 48.7 Å². The van der Waals surface area contributed by atoms with E-state index in [4.69, 9.17) is 101 Å². The molecule has 4 aliphatic heterocycles. The zero-order valence-corrected chi connectivity index (χ0v) is 53.1. The highest BCUT2D eigenvalue weighted by molar-refractivity contribution is 7.71. The molecule has 0 bridgehead atoms. The number of aliphatic hydroxyl groups excluding tert-OH is 8. The number of aromatic amines is 3. The van der Waals surface area contributed by atoms with E-state index in [1.54, 1.807) is 0 Å². The van der Waals surface area contributed by atoms with Crippen LogP contribution in [0.5, 0.6) is 0 Å². The van der Waals surface area contributed by atoms with Crippen LogP contribution in [0.25, 0.3) is 44.4 Å². The maximum Gasteiger partial charge on any atom is 0.264 e. The summed E-state index contributed by atoms with van der Waals surface area (Å²) in [5, 5.41) is 86.9. The smallest absolute Gasteiger partial charge is 0.264 e. The number of imidazole rings is 2. The van der Waals surface area contributed by atoms with Crippen molar-refractivity contribution in [1.82, 2.24) is 68.1 Å². The summed E-state index contributed by atoms with van der Waals surface area (Å²) >= 11 is 26.4. The number of halogens is 9. The lowest BCUT2D eigenvalue weighted by Gasteiger charge is -2.24. The fraction of sp³-hybridized carbons (Fsp3) is 0.444. The third kappa shape index (κ3) is 12.8. The number of nitrogens with two attached hydrogens (primary N) is 4. The third-order valence-electron chi connectivity index (χ3n) is 15.5. The molecule has 0 aromatic carbocycles. The van der Waals surface area contributed by atoms with E-state index in [0.717, 1.165) is 10.8 Å². The van der Waals surface area contributed by atoms with Gasteiger partial charge in [-0.2, -0.15) is 15.0 Å². The fourth-order valence-electron chi connectivity index (χ4n) is 10.9. The lowest BCUT2D eigenvalue weighted by atomic mass is 9.95. The average Bonchev–Trinajstić information content (AvgIpc) is 1.60. The van der Waals surface area contributed by atoms with Crippen LogP contribution in [0.15, 0.2) is 46.9 Å². The minimum absolute atomic E-state index is 0.00718. The molecule has 20 atom stereocenters. The molecule has 4 unspecified atom stereocenters. The number of nitrogens with zero attached hydrogens (tertiary/aromatic N) is 11. The molecule has 8 aromatic rings. The zero-order valence-electron chi connectivity index (χ0n) is 49.3. The van der Waals surface area contributed by atoms with Crippen LogP contribution in [0, 0.1) is 55.7 Å². The summed E-state index contributed by atoms with van der Waals surface area (Å²) in [5.41, 5.74) is 11.1. The molecule has 12 heterocycles. The highest BCUT2D eigenvalue weighted by Gasteiger charge is 2.63. The van der Waals surface area contributed by atoms with Gasteiger partial charge >= 0.3 is 0 Å². The Hall–Kier alpha value is -8.07. The summed E-state index contributed by atoms with van der Waals surface area (Å²) in [6.45, 7) is 5.36. The van der Waals surface area contributed by atoms with E-state index in [1.165, 1.54) is 72.5 Å². The van der Waals surface area contributed by atoms with E-state index in [1.807, 2.05) is 27.4 Å². The molecule has 96 heavy (non-hydrogen) atoms. The number of H-pyrrole nitrogens is 3. The number of fused-ring (bicyclic) bond motifs is 4. The topological polar surface area (TPSA) is 494 Å². The van der Waals surface area contributed by atoms with Gasteiger partial charge < -0.3 is 92.3 Å². The SMILES string of the molecule is C[C@H](O)[C@H]1O[C@@H](n2cc(F)c3c(=O)[nH]c(N)nc32)C(F)(C#CCl)[C@H]1O.C[C@H](O)[C@H]1O[C@@H](n2ccc3c(=O)[nH]c(N)nc32)C(F)(C#CCl)[C@H]1O.C[C@H](O)[C@H]1O[C@@H](n2cnc3c(=S)nc(N)[nH]c32)C(F)(C#CCl)[C@H]1O.C[C@H](O)[C@H]1O[C@@H](n2cnc3cnc(N)nc32)C(F)(C#CCl)[C@H]1O. The monoisotopic (exact) mass is 1440 g/mol. The minimum Gasteiger partial charge on any atom is -0.391 e. The van der Waals surface area contributed by atoms with E-state index in [-0.39, 0.29) is 61.9 Å². The number of rotatable bonds is 8. The Morgan fingerprint density at radius 3 is 1.43 bits per heavy atom. The second-order valence-corrected chi connectivity index (χ2v) is 23.0. The molecule has 0 aliphatic carbocycles. The summed E-state index contributed by atoms with van der Waals surface area (Å²) in [5.74, 6) is 6.79. The predicted octanol–water partition coefficient (Wildman–Crippen LogP) is 0.421. The number of alkyl halides is 4. The van der Waals surface area contributed by atoms with Crippen molar-refractivity contribution in [2.45, 2.75) is 149 Å². The van der Waals surface area contributed by atoms with E-state index >= 15 is 17.6 Å². The van der Waals surface area contributed by atoms with E-state index in [9.17, 15) is 54.8 Å². The number of nitrogen functional groups attached to an aromatic ring is 4. The van der Waals surface area contributed by atoms with Crippen molar-refractivity contribution in [2.24, 2.45) is 0 Å². The van der Waals surface area contributed by atoms with Gasteiger partial charge in [0.25, 0.3) is 11.1 Å². The van der Waals surface area contributed by atoms with Crippen molar-refractivity contribution in [1.29, 1.82) is 0 Å². The van der Waals surface area contributed by atoms with Crippen molar-refractivity contribution < 1.29 is 81.8 Å². The molecule has 8 aromatic heterocycles. The Bertz CT molecular complexity index is 4580. The second-order valence-electron chi connectivity index (χ2n) is 21.8. The maximum absolute atomic E-state index is 15.4. The van der Waals surface area contributed by atoms with Gasteiger partial charge in [0.15, 0.2) is 58.3 Å². The van der Waals surface area contributed by atoms with Gasteiger partial charge in [0.2, 0.25) is 40.5 Å². The molecule has 0 saturated carbocycles. The summed E-state index contributed by atoms with van der Waals surface area (Å²) in [7, 11) is 0. The average molecular weight is 1450 g/mol. The van der Waals surface area contributed by atoms with Crippen molar-refractivity contribution in [2.75, 3.05) is 22.9 Å². The maximum atomic E-state index is 15.4. The second kappa shape index (κ2) is 27.8. The molecule has 4 saturated heterocycles. The van der Waals surface area contributed by atoms with Crippen LogP contribution in [0.2, 0.25) is 0 Å². The minimum atomic E-state index is -2.79. The highest BCUT2D eigenvalue weighted by atomic mass is 35.5. The normalized spacial score (nSPS) is 31.0. The standard InChI is InChI=1S/C14H13ClF2N4O4.C14H14ClFN4O4.C13H13ClFN5O3S.C13H13ClFN5O3/c1-5(22)8-9(23)14(17,2-3-15)12(25-8)21-4-6(16)7-10(21)19-13(18)20-11(7)24;1-6(21)8-9(22)14(16,3-4-15)12(24-8)20-5-2-7-10(20)18-13(17)19-11(7)23;1-5(21)7-8(22)13(15,2-3-14)11(23-7)20-4-17-6-9(20)18-12(16)19-10(6)24;1-6(21)8-9(22)13(15,2-3-14)11(23-8)20-5-18-7-4-17-12(16)19-10(7)20/h4-5,8-9,12,22-23H,1H3,(H3,18,19,20,24);2,5-6,8-9,12,21-22H,1H3,(H3,17,18,19,23);4-5,7-8,11,21-22H,1H3,(H3,16,18,19,24);4-6,8-9,11,21-22H,1H3,(H2,16,17,19)/t5-,8+,9-,12+,14?;6-,8+,9-,12+,14?;5-,7+,8-,11+,13?;6-,8+,9-,11+,13?/m0000/s1. The summed E-state index contributed by atoms with van der Waals surface area (Å²) < 4.78 is 102. The molecule has 0 amide bonds. The van der Waals surface area contributed by atoms with Crippen LogP contribution in [0.4, 0.5) is 45.7 Å².